The summed E-state index contributed by atoms with van der Waals surface area (Å²) in [5, 5.41) is 6.31. The largest absolute Gasteiger partial charge is 0.129 e. The van der Waals surface area contributed by atoms with Crippen LogP contribution in [-0.4, -0.2) is 5.75 Å². The number of hydrogen-bond donors (Lipinski definition) is 0. The van der Waals surface area contributed by atoms with Gasteiger partial charge in [0.2, 0.25) is 0 Å². The minimum absolute atomic E-state index is 1.13. The summed E-state index contributed by atoms with van der Waals surface area (Å²) in [4.78, 5) is 0. The third-order valence-corrected chi connectivity index (χ3v) is 2.13. The molecule has 1 heterocycles. The number of thioether (sulfide) groups is 2. The van der Waals surface area contributed by atoms with Crippen molar-refractivity contribution in [3.8, 4) is 0 Å². The van der Waals surface area contributed by atoms with Crippen molar-refractivity contribution in [3.05, 3.63) is 22.3 Å². The second-order valence-corrected chi connectivity index (χ2v) is 2.87. The van der Waals surface area contributed by atoms with Crippen LogP contribution in [0.2, 0.25) is 0 Å². The molecular weight excluding hydrogens is 124 g/mol. The van der Waals surface area contributed by atoms with Crippen LogP contribution in [0.3, 0.4) is 0 Å². The molecule has 7 heavy (non-hydrogen) atoms. The van der Waals surface area contributed by atoms with Gasteiger partial charge in [0.15, 0.2) is 0 Å². The maximum atomic E-state index is 2.16. The van der Waals surface area contributed by atoms with E-state index in [1.54, 1.807) is 11.8 Å². The van der Waals surface area contributed by atoms with Gasteiger partial charge < -0.3 is 0 Å². The normalized spacial score (nSPS) is 19.4. The van der Waals surface area contributed by atoms with Gasteiger partial charge in [-0.25, -0.2) is 0 Å². The fourth-order valence-corrected chi connectivity index (χ4v) is 1.63. The van der Waals surface area contributed by atoms with E-state index in [4.69, 9.17) is 0 Å². The molecule has 0 radical (unpaired) electrons. The van der Waals surface area contributed by atoms with Gasteiger partial charge in [-0.05, 0) is 16.2 Å². The Morgan fingerprint density at radius 2 is 2.14 bits per heavy atom. The van der Waals surface area contributed by atoms with Gasteiger partial charge in [-0.1, -0.05) is 6.08 Å². The molecule has 0 N–H and O–H groups in total. The van der Waals surface area contributed by atoms with E-state index in [1.165, 1.54) is 0 Å². The van der Waals surface area contributed by atoms with Gasteiger partial charge in [-0.3, -0.25) is 0 Å². The van der Waals surface area contributed by atoms with E-state index in [9.17, 15) is 0 Å². The third-order valence-electron chi connectivity index (χ3n) is 0.598. The second kappa shape index (κ2) is 3.22. The van der Waals surface area contributed by atoms with E-state index in [0.717, 1.165) is 5.75 Å². The average molecular weight is 130 g/mol. The van der Waals surface area contributed by atoms with Gasteiger partial charge in [0.1, 0.15) is 0 Å². The van der Waals surface area contributed by atoms with Gasteiger partial charge in [0.05, 0.1) is 0 Å². The summed E-state index contributed by atoms with van der Waals surface area (Å²) in [5.74, 6) is 1.13. The van der Waals surface area contributed by atoms with Crippen molar-refractivity contribution in [2.24, 2.45) is 0 Å². The highest BCUT2D eigenvalue weighted by Crippen LogP contribution is 2.14. The molecule has 0 saturated carbocycles. The van der Waals surface area contributed by atoms with Gasteiger partial charge in [0.25, 0.3) is 0 Å². The fourth-order valence-electron chi connectivity index (χ4n) is 0.323. The van der Waals surface area contributed by atoms with Crippen LogP contribution in [0, 0.1) is 0 Å². The lowest BCUT2D eigenvalue weighted by Gasteiger charge is -1.76. The first-order valence-electron chi connectivity index (χ1n) is 2.07. The van der Waals surface area contributed by atoms with Crippen LogP contribution < -0.4 is 0 Å². The molecule has 0 bridgehead atoms. The van der Waals surface area contributed by atoms with E-state index in [-0.39, 0.29) is 0 Å². The molecule has 1 aliphatic heterocycles. The zero-order chi connectivity index (χ0) is 4.95. The Bertz CT molecular complexity index is 82.3. The number of rotatable bonds is 0. The average Bonchev–Trinajstić information content (AvgIpc) is 1.90. The lowest BCUT2D eigenvalue weighted by atomic mass is 10.8. The van der Waals surface area contributed by atoms with Crippen LogP contribution >= 0.6 is 23.5 Å². The predicted molar refractivity (Wildman–Crippen MR) is 38.3 cm³/mol. The Morgan fingerprint density at radius 3 is 3.14 bits per heavy atom. The van der Waals surface area contributed by atoms with E-state index < -0.39 is 0 Å². The molecule has 0 atom stereocenters. The summed E-state index contributed by atoms with van der Waals surface area (Å²) >= 11 is 3.56. The highest BCUT2D eigenvalue weighted by molar-refractivity contribution is 8.07. The molecule has 38 valence electrons. The van der Waals surface area contributed by atoms with Crippen molar-refractivity contribution in [2.45, 2.75) is 0 Å². The zero-order valence-corrected chi connectivity index (χ0v) is 5.47. The first-order chi connectivity index (χ1) is 3.50. The standard InChI is InChI=1S/C5H6S2/c1-2-6-4-5-7-3-1/h1-2,4-5H,3H2. The molecule has 0 amide bonds. The maximum absolute atomic E-state index is 2.16. The highest BCUT2D eigenvalue weighted by atomic mass is 32.2. The first-order valence-corrected chi connectivity index (χ1v) is 4.06. The second-order valence-electron chi connectivity index (χ2n) is 1.11. The zero-order valence-electron chi connectivity index (χ0n) is 3.83. The van der Waals surface area contributed by atoms with Crippen LogP contribution in [0.4, 0.5) is 0 Å². The van der Waals surface area contributed by atoms with Gasteiger partial charge in [-0.15, -0.1) is 23.5 Å². The molecule has 0 aliphatic carbocycles. The first kappa shape index (κ1) is 5.32. The Hall–Kier alpha value is 0.180. The minimum atomic E-state index is 1.13. The molecule has 1 aliphatic rings. The van der Waals surface area contributed by atoms with E-state index in [1.807, 2.05) is 11.8 Å². The fraction of sp³-hybridized carbons (Fsp3) is 0.200. The van der Waals surface area contributed by atoms with Crippen LogP contribution in [0.15, 0.2) is 22.3 Å². The van der Waals surface area contributed by atoms with Crippen molar-refractivity contribution in [3.63, 3.8) is 0 Å². The Balaban J connectivity index is 2.38. The maximum Gasteiger partial charge on any atom is 0.0163 e. The molecule has 0 nitrogen and oxygen atoms in total. The van der Waals surface area contributed by atoms with Crippen LogP contribution in [0.5, 0.6) is 0 Å². The third kappa shape index (κ3) is 2.09. The van der Waals surface area contributed by atoms with Gasteiger partial charge >= 0.3 is 0 Å². The molecule has 1 rings (SSSR count). The Labute approximate surface area is 52.1 Å². The van der Waals surface area contributed by atoms with Crippen molar-refractivity contribution in [1.82, 2.24) is 0 Å². The smallest absolute Gasteiger partial charge is 0.0163 e. The van der Waals surface area contributed by atoms with Crippen molar-refractivity contribution < 1.29 is 0 Å². The van der Waals surface area contributed by atoms with Crippen molar-refractivity contribution in [1.29, 1.82) is 0 Å². The summed E-state index contributed by atoms with van der Waals surface area (Å²) in [7, 11) is 0. The molecule has 0 unspecified atom stereocenters. The molecule has 0 aromatic carbocycles. The molecule has 2 heteroatoms. The van der Waals surface area contributed by atoms with E-state index in [0.29, 0.717) is 0 Å². The topological polar surface area (TPSA) is 0 Å². The summed E-state index contributed by atoms with van der Waals surface area (Å²) in [6, 6.07) is 0. The van der Waals surface area contributed by atoms with Gasteiger partial charge in [-0.2, -0.15) is 0 Å². The molecular formula is C5H6S2. The molecule has 0 aromatic heterocycles. The summed E-state index contributed by atoms with van der Waals surface area (Å²) in [5.41, 5.74) is 0. The Kier molecular flexibility index (Phi) is 2.44. The lowest BCUT2D eigenvalue weighted by molar-refractivity contribution is 1.82. The Morgan fingerprint density at radius 1 is 1.14 bits per heavy atom. The van der Waals surface area contributed by atoms with E-state index in [2.05, 4.69) is 22.3 Å². The van der Waals surface area contributed by atoms with Crippen LogP contribution in [-0.2, 0) is 0 Å². The predicted octanol–water partition coefficient (Wildman–Crippen LogP) is 2.45. The van der Waals surface area contributed by atoms with Crippen molar-refractivity contribution in [2.75, 3.05) is 5.75 Å². The minimum Gasteiger partial charge on any atom is -0.129 e. The summed E-state index contributed by atoms with van der Waals surface area (Å²) in [6.07, 6.45) is 2.16. The highest BCUT2D eigenvalue weighted by Gasteiger charge is 1.80. The van der Waals surface area contributed by atoms with Crippen LogP contribution in [0.1, 0.15) is 0 Å². The molecule has 0 saturated heterocycles. The molecule has 0 fully saturated rings. The quantitative estimate of drug-likeness (QED) is 0.494. The van der Waals surface area contributed by atoms with Crippen molar-refractivity contribution >= 4 is 23.5 Å². The van der Waals surface area contributed by atoms with Gasteiger partial charge in [0, 0.05) is 5.75 Å². The van der Waals surface area contributed by atoms with Crippen LogP contribution in [0.25, 0.3) is 0 Å². The molecule has 0 spiro atoms. The van der Waals surface area contributed by atoms with E-state index >= 15 is 0 Å². The molecule has 0 aromatic rings. The number of hydrogen-bond acceptors (Lipinski definition) is 2. The SMILES string of the molecule is C1=CSC=CSC1. The lowest BCUT2D eigenvalue weighted by Crippen LogP contribution is -1.57. The summed E-state index contributed by atoms with van der Waals surface area (Å²) in [6.45, 7) is 0. The summed E-state index contributed by atoms with van der Waals surface area (Å²) < 4.78 is 0. The monoisotopic (exact) mass is 130 g/mol.